The second-order valence-corrected chi connectivity index (χ2v) is 9.38. The van der Waals surface area contributed by atoms with Crippen LogP contribution in [0.25, 0.3) is 16.8 Å². The van der Waals surface area contributed by atoms with Crippen LogP contribution in [-0.4, -0.2) is 22.2 Å². The molecule has 1 aliphatic heterocycles. The van der Waals surface area contributed by atoms with Gasteiger partial charge in [0.1, 0.15) is 12.4 Å². The van der Waals surface area contributed by atoms with Crippen molar-refractivity contribution in [3.05, 3.63) is 112 Å². The Labute approximate surface area is 252 Å². The van der Waals surface area contributed by atoms with Crippen molar-refractivity contribution in [2.45, 2.75) is 13.5 Å². The summed E-state index contributed by atoms with van der Waals surface area (Å²) < 4.78 is 6.18. The summed E-state index contributed by atoms with van der Waals surface area (Å²) in [6.07, 6.45) is 1.85. The van der Waals surface area contributed by atoms with Crippen LogP contribution in [0.15, 0.2) is 94.8 Å². The summed E-state index contributed by atoms with van der Waals surface area (Å²) in [5.74, 6) is -0.313. The maximum atomic E-state index is 12.6. The number of carbonyl (C=O) groups is 2. The Kier molecular flexibility index (Phi) is 11.0. The van der Waals surface area contributed by atoms with Crippen molar-refractivity contribution in [1.82, 2.24) is 5.32 Å². The third-order valence-corrected chi connectivity index (χ3v) is 6.22. The minimum absolute atomic E-state index is 0. The number of carboxylic acid groups (broad SMARTS) is 1. The summed E-state index contributed by atoms with van der Waals surface area (Å²) in [7, 11) is 0. The third-order valence-electron chi connectivity index (χ3n) is 5.05. The standard InChI is InChI=1S/C27H18ClN2O2S.C2H4O2.Na/c28-22-12-10-18(11-13-22)17-32-24-15-20-7-5-4-6-19(20)14-21(24)16-25-26(31)30-27(33-25)29-23-8-2-1-3-9-23;1-2(3)4;/h2-16H,17H2,(H,29,30,31);1H3,(H,3,4);/q-1;;+1. The van der Waals surface area contributed by atoms with Crippen LogP contribution in [-0.2, 0) is 16.2 Å². The van der Waals surface area contributed by atoms with Crippen LogP contribution < -0.4 is 39.6 Å². The van der Waals surface area contributed by atoms with Crippen LogP contribution in [0.3, 0.4) is 0 Å². The van der Waals surface area contributed by atoms with Gasteiger partial charge in [0.25, 0.3) is 11.9 Å². The molecule has 6 nitrogen and oxygen atoms in total. The molecular formula is C29H22ClN2NaO4S. The maximum Gasteiger partial charge on any atom is 1.00 e. The van der Waals surface area contributed by atoms with Crippen LogP contribution in [0, 0.1) is 6.07 Å². The van der Waals surface area contributed by atoms with Gasteiger partial charge in [0.15, 0.2) is 5.17 Å². The number of amides is 1. The van der Waals surface area contributed by atoms with E-state index in [0.29, 0.717) is 27.5 Å². The minimum atomic E-state index is -0.833. The zero-order chi connectivity index (χ0) is 26.2. The number of ether oxygens (including phenoxy) is 1. The molecule has 4 aromatic rings. The van der Waals surface area contributed by atoms with E-state index in [-0.39, 0.29) is 35.5 Å². The number of rotatable bonds is 5. The molecule has 4 aromatic carbocycles. The molecular weight excluding hydrogens is 531 g/mol. The van der Waals surface area contributed by atoms with Gasteiger partial charge >= 0.3 is 29.6 Å². The molecule has 1 fully saturated rings. The van der Waals surface area contributed by atoms with Crippen LogP contribution >= 0.6 is 23.4 Å². The van der Waals surface area contributed by atoms with Crippen LogP contribution in [0.2, 0.25) is 5.02 Å². The molecule has 1 saturated heterocycles. The molecule has 0 aliphatic carbocycles. The summed E-state index contributed by atoms with van der Waals surface area (Å²) in [6, 6.07) is 29.9. The number of nitrogens with zero attached hydrogens (tertiary/aromatic N) is 1. The van der Waals surface area contributed by atoms with E-state index in [4.69, 9.17) is 26.2 Å². The van der Waals surface area contributed by atoms with Crippen LogP contribution in [0.4, 0.5) is 5.69 Å². The Balaban J connectivity index is 0.000000749. The van der Waals surface area contributed by atoms with Gasteiger partial charge in [-0.05, 0) is 64.1 Å². The van der Waals surface area contributed by atoms with Crippen molar-refractivity contribution < 1.29 is 49.0 Å². The number of aliphatic carboxylic acids is 1. The first-order valence-corrected chi connectivity index (χ1v) is 12.4. The summed E-state index contributed by atoms with van der Waals surface area (Å²) in [5, 5.41) is 13.6. The van der Waals surface area contributed by atoms with Gasteiger partial charge in [0.05, 0.1) is 4.91 Å². The second-order valence-electron chi connectivity index (χ2n) is 7.91. The molecule has 186 valence electrons. The number of thioether (sulfide) groups is 1. The van der Waals surface area contributed by atoms with E-state index in [2.05, 4.69) is 16.4 Å². The molecule has 0 atom stereocenters. The number of carboxylic acids is 1. The van der Waals surface area contributed by atoms with E-state index < -0.39 is 5.97 Å². The minimum Gasteiger partial charge on any atom is -0.488 e. The monoisotopic (exact) mass is 552 g/mol. The molecule has 1 aliphatic rings. The molecule has 0 spiro atoms. The van der Waals surface area contributed by atoms with Crippen LogP contribution in [0.5, 0.6) is 5.75 Å². The summed E-state index contributed by atoms with van der Waals surface area (Å²) in [6.45, 7) is 1.47. The fourth-order valence-electron chi connectivity index (χ4n) is 3.41. The number of nitrogens with one attached hydrogen (secondary N) is 1. The predicted molar refractivity (Wildman–Crippen MR) is 149 cm³/mol. The van der Waals surface area contributed by atoms with E-state index >= 15 is 0 Å². The van der Waals surface area contributed by atoms with Gasteiger partial charge in [-0.25, -0.2) is 0 Å². The van der Waals surface area contributed by atoms with Gasteiger partial charge in [-0.2, -0.15) is 18.2 Å². The molecule has 0 radical (unpaired) electrons. The van der Waals surface area contributed by atoms with Crippen LogP contribution in [0.1, 0.15) is 18.1 Å². The SMILES string of the molecule is CC(=O)O.O=C1NC(=Nc2cc[c-]cc2)SC1=Cc1cc2ccccc2cc1OCc1ccc(Cl)cc1.[Na+]. The molecule has 0 bridgehead atoms. The van der Waals surface area contributed by atoms with E-state index in [1.54, 1.807) is 12.1 Å². The van der Waals surface area contributed by atoms with Crippen molar-refractivity contribution >= 4 is 62.9 Å². The zero-order valence-electron chi connectivity index (χ0n) is 20.8. The van der Waals surface area contributed by atoms with Gasteiger partial charge in [-0.3, -0.25) is 14.6 Å². The molecule has 1 heterocycles. The number of halogens is 1. The second kappa shape index (κ2) is 14.2. The normalized spacial score (nSPS) is 14.4. The summed E-state index contributed by atoms with van der Waals surface area (Å²) in [4.78, 5) is 26.7. The van der Waals surface area contributed by atoms with Crippen molar-refractivity contribution in [3.63, 3.8) is 0 Å². The van der Waals surface area contributed by atoms with E-state index in [1.165, 1.54) is 11.8 Å². The number of carbonyl (C=O) groups excluding carboxylic acids is 1. The van der Waals surface area contributed by atoms with Crippen molar-refractivity contribution in [1.29, 1.82) is 0 Å². The molecule has 0 aromatic heterocycles. The Morgan fingerprint density at radius 1 is 1.08 bits per heavy atom. The van der Waals surface area contributed by atoms with Crippen molar-refractivity contribution in [2.24, 2.45) is 4.99 Å². The first-order valence-electron chi connectivity index (χ1n) is 11.2. The number of fused-ring (bicyclic) bond motifs is 1. The fraction of sp³-hybridized carbons (Fsp3) is 0.0690. The Hall–Kier alpha value is -3.07. The Morgan fingerprint density at radius 3 is 2.37 bits per heavy atom. The van der Waals surface area contributed by atoms with Gasteiger partial charge in [0, 0.05) is 17.5 Å². The fourth-order valence-corrected chi connectivity index (χ4v) is 4.37. The number of aliphatic imine (C=N–C) groups is 1. The smallest absolute Gasteiger partial charge is 0.488 e. The summed E-state index contributed by atoms with van der Waals surface area (Å²) >= 11 is 7.30. The topological polar surface area (TPSA) is 88.0 Å². The molecule has 2 N–H and O–H groups in total. The number of amidine groups is 1. The van der Waals surface area contributed by atoms with Crippen molar-refractivity contribution in [2.75, 3.05) is 0 Å². The first-order chi connectivity index (χ1) is 17.9. The van der Waals surface area contributed by atoms with Gasteiger partial charge in [-0.1, -0.05) is 48.0 Å². The molecule has 38 heavy (non-hydrogen) atoms. The number of hydrogen-bond acceptors (Lipinski definition) is 5. The quantitative estimate of drug-likeness (QED) is 0.223. The predicted octanol–water partition coefficient (Wildman–Crippen LogP) is 3.86. The summed E-state index contributed by atoms with van der Waals surface area (Å²) in [5.41, 5.74) is 2.60. The molecule has 9 heteroatoms. The third kappa shape index (κ3) is 8.48. The van der Waals surface area contributed by atoms with E-state index in [1.807, 2.05) is 78.9 Å². The van der Waals surface area contributed by atoms with Gasteiger partial charge < -0.3 is 15.2 Å². The van der Waals surface area contributed by atoms with E-state index in [0.717, 1.165) is 34.5 Å². The Bertz CT molecular complexity index is 1490. The number of benzene rings is 4. The zero-order valence-corrected chi connectivity index (χ0v) is 24.3. The van der Waals surface area contributed by atoms with Gasteiger partial charge in [0.2, 0.25) is 0 Å². The Morgan fingerprint density at radius 2 is 1.71 bits per heavy atom. The molecule has 1 amide bonds. The average molecular weight is 553 g/mol. The maximum absolute atomic E-state index is 12.6. The molecule has 0 saturated carbocycles. The first kappa shape index (κ1) is 29.5. The largest absolute Gasteiger partial charge is 1.00 e. The van der Waals surface area contributed by atoms with E-state index in [9.17, 15) is 4.79 Å². The van der Waals surface area contributed by atoms with Crippen molar-refractivity contribution in [3.8, 4) is 5.75 Å². The average Bonchev–Trinajstić information content (AvgIpc) is 3.22. The molecule has 5 rings (SSSR count). The molecule has 0 unspecified atom stereocenters. The number of hydrogen-bond donors (Lipinski definition) is 2. The van der Waals surface area contributed by atoms with Gasteiger partial charge in [-0.15, -0.1) is 12.1 Å².